The van der Waals surface area contributed by atoms with Gasteiger partial charge in [0.2, 0.25) is 5.91 Å². The smallest absolute Gasteiger partial charge is 0.303 e. The lowest BCUT2D eigenvalue weighted by atomic mass is 9.87. The number of hydrogen-bond donors (Lipinski definition) is 2. The van der Waals surface area contributed by atoms with Crippen molar-refractivity contribution >= 4 is 11.9 Å². The zero-order valence-corrected chi connectivity index (χ0v) is 11.8. The van der Waals surface area contributed by atoms with Crippen molar-refractivity contribution < 1.29 is 19.4 Å². The molecule has 1 aromatic rings. The fourth-order valence-electron chi connectivity index (χ4n) is 3.28. The van der Waals surface area contributed by atoms with Crippen molar-refractivity contribution in [3.63, 3.8) is 0 Å². The van der Waals surface area contributed by atoms with E-state index < -0.39 is 5.97 Å². The lowest BCUT2D eigenvalue weighted by molar-refractivity contribution is -0.137. The van der Waals surface area contributed by atoms with Gasteiger partial charge >= 0.3 is 5.97 Å². The van der Waals surface area contributed by atoms with Gasteiger partial charge in [-0.25, -0.2) is 0 Å². The number of carbonyl (C=O) groups is 2. The first-order valence-electron chi connectivity index (χ1n) is 7.35. The fraction of sp³-hybridized carbons (Fsp3) is 0.500. The van der Waals surface area contributed by atoms with E-state index >= 15 is 0 Å². The van der Waals surface area contributed by atoms with Crippen molar-refractivity contribution in [1.29, 1.82) is 0 Å². The number of hydrogen-bond acceptors (Lipinski definition) is 3. The Bertz CT molecular complexity index is 571. The van der Waals surface area contributed by atoms with Gasteiger partial charge in [0.1, 0.15) is 5.75 Å². The number of nitrogens with one attached hydrogen (secondary N) is 1. The number of carboxylic acid groups (broad SMARTS) is 1. The Morgan fingerprint density at radius 3 is 3.00 bits per heavy atom. The SMILES string of the molecule is O=C(O)CCCNC(=O)[C@@H]1C[C@]12CCOc1ccccc12. The van der Waals surface area contributed by atoms with Crippen LogP contribution in [0.25, 0.3) is 0 Å². The van der Waals surface area contributed by atoms with Crippen LogP contribution in [-0.4, -0.2) is 30.1 Å². The molecule has 5 heteroatoms. The van der Waals surface area contributed by atoms with Crippen molar-refractivity contribution in [2.75, 3.05) is 13.2 Å². The second-order valence-electron chi connectivity index (χ2n) is 5.80. The molecule has 2 aliphatic rings. The summed E-state index contributed by atoms with van der Waals surface area (Å²) in [6, 6.07) is 7.93. The van der Waals surface area contributed by atoms with Crippen LogP contribution in [-0.2, 0) is 15.0 Å². The number of carboxylic acids is 1. The minimum absolute atomic E-state index is 0.00706. The van der Waals surface area contributed by atoms with Crippen LogP contribution in [0.4, 0.5) is 0 Å². The molecule has 1 spiro atoms. The molecule has 0 aromatic heterocycles. The molecular formula is C16H19NO4. The second kappa shape index (κ2) is 5.39. The Balaban J connectivity index is 1.61. The molecule has 2 N–H and O–H groups in total. The van der Waals surface area contributed by atoms with Crippen molar-refractivity contribution in [3.8, 4) is 5.75 Å². The molecule has 1 aliphatic carbocycles. The minimum atomic E-state index is -0.828. The van der Waals surface area contributed by atoms with E-state index in [1.165, 1.54) is 0 Å². The second-order valence-corrected chi connectivity index (χ2v) is 5.80. The van der Waals surface area contributed by atoms with Gasteiger partial charge in [-0.3, -0.25) is 9.59 Å². The summed E-state index contributed by atoms with van der Waals surface area (Å²) in [4.78, 5) is 22.7. The number of benzene rings is 1. The lowest BCUT2D eigenvalue weighted by Gasteiger charge is -2.26. The molecule has 0 unspecified atom stereocenters. The largest absolute Gasteiger partial charge is 0.493 e. The molecule has 5 nitrogen and oxygen atoms in total. The number of para-hydroxylation sites is 1. The highest BCUT2D eigenvalue weighted by molar-refractivity contribution is 5.84. The number of fused-ring (bicyclic) bond motifs is 2. The summed E-state index contributed by atoms with van der Waals surface area (Å²) >= 11 is 0. The number of amides is 1. The van der Waals surface area contributed by atoms with Gasteiger partial charge in [-0.15, -0.1) is 0 Å². The van der Waals surface area contributed by atoms with E-state index in [1.54, 1.807) is 0 Å². The monoisotopic (exact) mass is 289 g/mol. The summed E-state index contributed by atoms with van der Waals surface area (Å²) < 4.78 is 5.66. The number of rotatable bonds is 5. The quantitative estimate of drug-likeness (QED) is 0.809. The highest BCUT2D eigenvalue weighted by Crippen LogP contribution is 2.60. The van der Waals surface area contributed by atoms with E-state index in [4.69, 9.17) is 9.84 Å². The fourth-order valence-corrected chi connectivity index (χ4v) is 3.28. The van der Waals surface area contributed by atoms with Gasteiger partial charge in [0.15, 0.2) is 0 Å². The first-order chi connectivity index (χ1) is 10.1. The molecule has 112 valence electrons. The first-order valence-corrected chi connectivity index (χ1v) is 7.35. The molecule has 0 bridgehead atoms. The van der Waals surface area contributed by atoms with Gasteiger partial charge in [0.05, 0.1) is 6.61 Å². The molecule has 3 rings (SSSR count). The topological polar surface area (TPSA) is 75.6 Å². The molecule has 2 atom stereocenters. The van der Waals surface area contributed by atoms with Gasteiger partial charge < -0.3 is 15.2 Å². The number of aliphatic carboxylic acids is 1. The van der Waals surface area contributed by atoms with E-state index in [0.29, 0.717) is 19.6 Å². The van der Waals surface area contributed by atoms with Crippen molar-refractivity contribution in [1.82, 2.24) is 5.32 Å². The maximum absolute atomic E-state index is 12.2. The standard InChI is InChI=1S/C16H19NO4/c18-14(19)6-3-8-17-15(20)12-10-16(12)7-9-21-13-5-2-1-4-11(13)16/h1-2,4-5,12H,3,6-10H2,(H,17,20)(H,18,19)/t12-,16-/m0/s1. The first kappa shape index (κ1) is 13.9. The molecule has 1 saturated carbocycles. The molecule has 1 fully saturated rings. The number of carbonyl (C=O) groups excluding carboxylic acids is 1. The Kier molecular flexibility index (Phi) is 3.57. The zero-order valence-electron chi connectivity index (χ0n) is 11.8. The van der Waals surface area contributed by atoms with Crippen LogP contribution in [0.2, 0.25) is 0 Å². The van der Waals surface area contributed by atoms with Gasteiger partial charge in [0.25, 0.3) is 0 Å². The summed E-state index contributed by atoms with van der Waals surface area (Å²) in [6.07, 6.45) is 2.29. The minimum Gasteiger partial charge on any atom is -0.493 e. The van der Waals surface area contributed by atoms with E-state index in [0.717, 1.165) is 24.2 Å². The molecule has 0 radical (unpaired) electrons. The average Bonchev–Trinajstić information content (AvgIpc) is 3.19. The highest BCUT2D eigenvalue weighted by Gasteiger charge is 2.60. The Hall–Kier alpha value is -2.04. The Morgan fingerprint density at radius 1 is 1.38 bits per heavy atom. The molecular weight excluding hydrogens is 270 g/mol. The molecule has 1 aromatic carbocycles. The number of ether oxygens (including phenoxy) is 1. The zero-order chi connectivity index (χ0) is 14.9. The van der Waals surface area contributed by atoms with Crippen LogP contribution in [0.5, 0.6) is 5.75 Å². The maximum atomic E-state index is 12.2. The van der Waals surface area contributed by atoms with Crippen LogP contribution in [0.3, 0.4) is 0 Å². The summed E-state index contributed by atoms with van der Waals surface area (Å²) in [7, 11) is 0. The van der Waals surface area contributed by atoms with E-state index in [1.807, 2.05) is 24.3 Å². The molecule has 21 heavy (non-hydrogen) atoms. The van der Waals surface area contributed by atoms with E-state index in [2.05, 4.69) is 5.32 Å². The van der Waals surface area contributed by atoms with E-state index in [9.17, 15) is 9.59 Å². The Labute approximate surface area is 123 Å². The van der Waals surface area contributed by atoms with Gasteiger partial charge in [0, 0.05) is 29.9 Å². The van der Waals surface area contributed by atoms with Crippen LogP contribution in [0, 0.1) is 5.92 Å². The lowest BCUT2D eigenvalue weighted by Crippen LogP contribution is -2.31. The summed E-state index contributed by atoms with van der Waals surface area (Å²) in [5.74, 6) is 0.0971. The predicted molar refractivity (Wildman–Crippen MR) is 76.2 cm³/mol. The van der Waals surface area contributed by atoms with Crippen molar-refractivity contribution in [2.24, 2.45) is 5.92 Å². The van der Waals surface area contributed by atoms with Gasteiger partial charge in [-0.2, -0.15) is 0 Å². The maximum Gasteiger partial charge on any atom is 0.303 e. The van der Waals surface area contributed by atoms with Crippen LogP contribution >= 0.6 is 0 Å². The van der Waals surface area contributed by atoms with Crippen molar-refractivity contribution in [3.05, 3.63) is 29.8 Å². The molecule has 0 saturated heterocycles. The normalized spacial score (nSPS) is 25.8. The predicted octanol–water partition coefficient (Wildman–Crippen LogP) is 1.71. The molecule has 1 amide bonds. The van der Waals surface area contributed by atoms with Crippen LogP contribution in [0.15, 0.2) is 24.3 Å². The highest BCUT2D eigenvalue weighted by atomic mass is 16.5. The molecule has 1 heterocycles. The van der Waals surface area contributed by atoms with Crippen LogP contribution < -0.4 is 10.1 Å². The third kappa shape index (κ3) is 2.60. The summed E-state index contributed by atoms with van der Waals surface area (Å²) in [5.41, 5.74) is 1.08. The third-order valence-corrected chi connectivity index (χ3v) is 4.49. The summed E-state index contributed by atoms with van der Waals surface area (Å²) in [6.45, 7) is 1.08. The Morgan fingerprint density at radius 2 is 2.19 bits per heavy atom. The van der Waals surface area contributed by atoms with Gasteiger partial charge in [-0.05, 0) is 25.3 Å². The summed E-state index contributed by atoms with van der Waals surface area (Å²) in [5, 5.41) is 11.4. The van der Waals surface area contributed by atoms with Crippen molar-refractivity contribution in [2.45, 2.75) is 31.1 Å². The molecule has 1 aliphatic heterocycles. The van der Waals surface area contributed by atoms with E-state index in [-0.39, 0.29) is 23.7 Å². The van der Waals surface area contributed by atoms with Gasteiger partial charge in [-0.1, -0.05) is 18.2 Å². The average molecular weight is 289 g/mol. The third-order valence-electron chi connectivity index (χ3n) is 4.49. The van der Waals surface area contributed by atoms with Crippen LogP contribution in [0.1, 0.15) is 31.2 Å².